The normalized spacial score (nSPS) is 13.8. The average Bonchev–Trinajstić information content (AvgIpc) is 3.72. The second-order valence-electron chi connectivity index (χ2n) is 10.7. The Morgan fingerprint density at radius 1 is 0.850 bits per heavy atom. The van der Waals surface area contributed by atoms with Crippen molar-refractivity contribution >= 4 is 34.1 Å². The van der Waals surface area contributed by atoms with E-state index in [2.05, 4.69) is 15.6 Å². The van der Waals surface area contributed by atoms with Gasteiger partial charge in [0, 0.05) is 29.0 Å². The van der Waals surface area contributed by atoms with Gasteiger partial charge in [-0.2, -0.15) is 0 Å². The molecule has 2 amide bonds. The van der Waals surface area contributed by atoms with E-state index >= 15 is 0 Å². The summed E-state index contributed by atoms with van der Waals surface area (Å²) in [7, 11) is 1.58. The fraction of sp³-hybridized carbons (Fsp3) is 0.258. The number of fused-ring (bicyclic) bond motifs is 1. The van der Waals surface area contributed by atoms with Crippen LogP contribution < -0.4 is 24.8 Å². The van der Waals surface area contributed by atoms with E-state index in [1.165, 1.54) is 24.3 Å². The van der Waals surface area contributed by atoms with Crippen LogP contribution in [0.2, 0.25) is 0 Å². The summed E-state index contributed by atoms with van der Waals surface area (Å²) in [5.41, 5.74) is 0.107. The molecule has 3 aromatic carbocycles. The van der Waals surface area contributed by atoms with Crippen molar-refractivity contribution in [3.8, 4) is 23.0 Å². The van der Waals surface area contributed by atoms with Crippen LogP contribution in [0.15, 0.2) is 72.9 Å². The Bertz CT molecular complexity index is 1560. The van der Waals surface area contributed by atoms with Crippen LogP contribution in [0.4, 0.5) is 15.8 Å². The first-order valence-electron chi connectivity index (χ1n) is 12.9. The first-order chi connectivity index (χ1) is 19.1. The van der Waals surface area contributed by atoms with Gasteiger partial charge in [-0.1, -0.05) is 0 Å². The summed E-state index contributed by atoms with van der Waals surface area (Å²) in [5, 5.41) is 6.28. The first kappa shape index (κ1) is 26.9. The maximum absolute atomic E-state index is 13.2. The molecule has 4 aromatic rings. The third-order valence-electron chi connectivity index (χ3n) is 6.46. The van der Waals surface area contributed by atoms with Crippen molar-refractivity contribution in [1.29, 1.82) is 0 Å². The Morgan fingerprint density at radius 2 is 1.45 bits per heavy atom. The summed E-state index contributed by atoms with van der Waals surface area (Å²) in [6, 6.07) is 17.7. The number of rotatable bonds is 8. The first-order valence-corrected chi connectivity index (χ1v) is 12.9. The number of amides is 2. The van der Waals surface area contributed by atoms with E-state index in [9.17, 15) is 14.0 Å². The second-order valence-corrected chi connectivity index (χ2v) is 10.7. The van der Waals surface area contributed by atoms with Crippen molar-refractivity contribution in [3.63, 3.8) is 0 Å². The number of halogens is 1. The zero-order valence-electron chi connectivity index (χ0n) is 22.7. The van der Waals surface area contributed by atoms with Gasteiger partial charge in [0.2, 0.25) is 11.8 Å². The third kappa shape index (κ3) is 5.83. The standard InChI is InChI=1S/C31H30FN3O5/c1-30(2,3)40-27-18-24-23(17-26(27)38-4)25(13-16-33-24)39-22-11-9-21(10-12-22)35-29(37)31(14-15-31)28(36)34-20-7-5-19(32)6-8-20/h5-13,16-18H,14-15H2,1-4H3,(H,34,36)(H,35,37). The molecule has 1 saturated carbocycles. The SMILES string of the molecule is COc1cc2c(Oc3ccc(NC(=O)C4(C(=O)Nc5ccc(F)cc5)CC4)cc3)ccnc2cc1OC(C)(C)C. The summed E-state index contributed by atoms with van der Waals surface area (Å²) in [6.07, 6.45) is 2.54. The number of anilines is 2. The van der Waals surface area contributed by atoms with Gasteiger partial charge >= 0.3 is 0 Å². The number of hydrogen-bond donors (Lipinski definition) is 2. The molecule has 0 saturated heterocycles. The highest BCUT2D eigenvalue weighted by molar-refractivity contribution is 6.16. The summed E-state index contributed by atoms with van der Waals surface area (Å²) >= 11 is 0. The molecule has 0 unspecified atom stereocenters. The van der Waals surface area contributed by atoms with Gasteiger partial charge in [-0.25, -0.2) is 4.39 Å². The van der Waals surface area contributed by atoms with Crippen LogP contribution in [0, 0.1) is 11.2 Å². The fourth-order valence-corrected chi connectivity index (χ4v) is 4.24. The Kier molecular flexibility index (Phi) is 7.06. The summed E-state index contributed by atoms with van der Waals surface area (Å²) < 4.78 is 30.9. The summed E-state index contributed by atoms with van der Waals surface area (Å²) in [4.78, 5) is 30.2. The Labute approximate surface area is 231 Å². The van der Waals surface area contributed by atoms with E-state index in [0.717, 1.165) is 5.39 Å². The minimum absolute atomic E-state index is 0.388. The average molecular weight is 544 g/mol. The number of pyridine rings is 1. The van der Waals surface area contributed by atoms with Gasteiger partial charge in [0.25, 0.3) is 0 Å². The largest absolute Gasteiger partial charge is 0.493 e. The number of carbonyl (C=O) groups is 2. The molecule has 1 aromatic heterocycles. The van der Waals surface area contributed by atoms with Crippen molar-refractivity contribution in [2.75, 3.05) is 17.7 Å². The molecule has 1 aliphatic rings. The molecular formula is C31H30FN3O5. The van der Waals surface area contributed by atoms with Crippen LogP contribution >= 0.6 is 0 Å². The van der Waals surface area contributed by atoms with Gasteiger partial charge in [0.1, 0.15) is 28.3 Å². The summed E-state index contributed by atoms with van der Waals surface area (Å²) in [5.74, 6) is 1.09. The Morgan fingerprint density at radius 3 is 2.00 bits per heavy atom. The fourth-order valence-electron chi connectivity index (χ4n) is 4.24. The number of nitrogens with one attached hydrogen (secondary N) is 2. The number of aromatic nitrogens is 1. The lowest BCUT2D eigenvalue weighted by molar-refractivity contribution is -0.131. The quantitative estimate of drug-likeness (QED) is 0.240. The molecule has 0 aliphatic heterocycles. The highest BCUT2D eigenvalue weighted by Gasteiger charge is 2.56. The molecule has 1 heterocycles. The van der Waals surface area contributed by atoms with E-state index in [1.54, 1.807) is 43.6 Å². The van der Waals surface area contributed by atoms with Gasteiger partial charge in [0.15, 0.2) is 11.5 Å². The number of hydrogen-bond acceptors (Lipinski definition) is 6. The number of benzene rings is 3. The number of methoxy groups -OCH3 is 1. The van der Waals surface area contributed by atoms with Gasteiger partial charge in [-0.05, 0) is 94.3 Å². The monoisotopic (exact) mass is 543 g/mol. The number of nitrogens with zero attached hydrogens (tertiary/aromatic N) is 1. The molecule has 8 nitrogen and oxygen atoms in total. The van der Waals surface area contributed by atoms with Gasteiger partial charge in [0.05, 0.1) is 12.6 Å². The molecular weight excluding hydrogens is 513 g/mol. The van der Waals surface area contributed by atoms with E-state index in [0.29, 0.717) is 52.7 Å². The third-order valence-corrected chi connectivity index (χ3v) is 6.46. The van der Waals surface area contributed by atoms with Gasteiger partial charge in [-0.3, -0.25) is 14.6 Å². The van der Waals surface area contributed by atoms with Crippen LogP contribution in [-0.4, -0.2) is 29.5 Å². The lowest BCUT2D eigenvalue weighted by atomic mass is 10.0. The maximum atomic E-state index is 13.2. The minimum Gasteiger partial charge on any atom is -0.493 e. The molecule has 0 radical (unpaired) electrons. The minimum atomic E-state index is -1.14. The highest BCUT2D eigenvalue weighted by Crippen LogP contribution is 2.47. The Hall–Kier alpha value is -4.66. The van der Waals surface area contributed by atoms with E-state index in [1.807, 2.05) is 32.9 Å². The van der Waals surface area contributed by atoms with Gasteiger partial charge < -0.3 is 24.8 Å². The molecule has 0 bridgehead atoms. The van der Waals surface area contributed by atoms with Crippen LogP contribution in [0.3, 0.4) is 0 Å². The lowest BCUT2D eigenvalue weighted by Gasteiger charge is -2.23. The zero-order valence-corrected chi connectivity index (χ0v) is 22.7. The molecule has 1 aliphatic carbocycles. The molecule has 206 valence electrons. The predicted octanol–water partition coefficient (Wildman–Crippen LogP) is 6.71. The molecule has 2 N–H and O–H groups in total. The molecule has 0 spiro atoms. The molecule has 5 rings (SSSR count). The van der Waals surface area contributed by atoms with E-state index < -0.39 is 22.7 Å². The maximum Gasteiger partial charge on any atom is 0.240 e. The zero-order chi connectivity index (χ0) is 28.5. The molecule has 0 atom stereocenters. The summed E-state index contributed by atoms with van der Waals surface area (Å²) in [6.45, 7) is 5.88. The van der Waals surface area contributed by atoms with E-state index in [4.69, 9.17) is 14.2 Å². The van der Waals surface area contributed by atoms with Crippen LogP contribution in [0.25, 0.3) is 10.9 Å². The number of carbonyl (C=O) groups excluding carboxylic acids is 2. The van der Waals surface area contributed by atoms with Crippen molar-refractivity contribution in [2.45, 2.75) is 39.2 Å². The van der Waals surface area contributed by atoms with Crippen molar-refractivity contribution in [1.82, 2.24) is 4.98 Å². The molecule has 1 fully saturated rings. The van der Waals surface area contributed by atoms with E-state index in [-0.39, 0.29) is 5.91 Å². The van der Waals surface area contributed by atoms with Crippen LogP contribution in [0.1, 0.15) is 33.6 Å². The van der Waals surface area contributed by atoms with Crippen molar-refractivity contribution in [2.24, 2.45) is 5.41 Å². The van der Waals surface area contributed by atoms with Crippen molar-refractivity contribution in [3.05, 3.63) is 78.7 Å². The highest BCUT2D eigenvalue weighted by atomic mass is 19.1. The topological polar surface area (TPSA) is 98.8 Å². The van der Waals surface area contributed by atoms with Crippen LogP contribution in [0.5, 0.6) is 23.0 Å². The predicted molar refractivity (Wildman–Crippen MR) is 151 cm³/mol. The second kappa shape index (κ2) is 10.5. The smallest absolute Gasteiger partial charge is 0.240 e. The Balaban J connectivity index is 1.28. The van der Waals surface area contributed by atoms with Crippen molar-refractivity contribution < 1.29 is 28.2 Å². The lowest BCUT2D eigenvalue weighted by Crippen LogP contribution is -2.35. The number of ether oxygens (including phenoxy) is 3. The van der Waals surface area contributed by atoms with Crippen LogP contribution in [-0.2, 0) is 9.59 Å². The molecule has 40 heavy (non-hydrogen) atoms. The van der Waals surface area contributed by atoms with Gasteiger partial charge in [-0.15, -0.1) is 0 Å². The molecule has 9 heteroatoms.